The van der Waals surface area contributed by atoms with Crippen LogP contribution >= 0.6 is 0 Å². The lowest BCUT2D eigenvalue weighted by Gasteiger charge is -2.22. The molecule has 0 spiro atoms. The Balaban J connectivity index is 1.80. The van der Waals surface area contributed by atoms with E-state index < -0.39 is 11.9 Å². The molecule has 2 N–H and O–H groups in total. The van der Waals surface area contributed by atoms with Crippen molar-refractivity contribution >= 4 is 22.8 Å². The van der Waals surface area contributed by atoms with Gasteiger partial charge in [0.1, 0.15) is 18.1 Å². The molecule has 0 unspecified atom stereocenters. The summed E-state index contributed by atoms with van der Waals surface area (Å²) in [4.78, 5) is 25.2. The molecule has 0 aliphatic carbocycles. The van der Waals surface area contributed by atoms with Gasteiger partial charge in [0.2, 0.25) is 11.8 Å². The second kappa shape index (κ2) is 4.92. The van der Waals surface area contributed by atoms with Gasteiger partial charge in [-0.2, -0.15) is 0 Å². The maximum atomic E-state index is 12.3. The molecule has 1 fully saturated rings. The summed E-state index contributed by atoms with van der Waals surface area (Å²) in [7, 11) is 0. The molecule has 0 radical (unpaired) electrons. The Morgan fingerprint density at radius 2 is 2.15 bits per heavy atom. The molecular formula is C13H15N5O2. The first-order chi connectivity index (χ1) is 9.66. The average molecular weight is 273 g/mol. The molecule has 104 valence electrons. The van der Waals surface area contributed by atoms with Crippen LogP contribution in [0.3, 0.4) is 0 Å². The average Bonchev–Trinajstić information content (AvgIpc) is 3.06. The maximum absolute atomic E-state index is 12.3. The van der Waals surface area contributed by atoms with Crippen molar-refractivity contribution in [3.05, 3.63) is 24.3 Å². The van der Waals surface area contributed by atoms with Crippen LogP contribution in [0.1, 0.15) is 12.8 Å². The molecule has 2 heterocycles. The van der Waals surface area contributed by atoms with Crippen molar-refractivity contribution in [2.24, 2.45) is 5.73 Å². The van der Waals surface area contributed by atoms with Gasteiger partial charge >= 0.3 is 0 Å². The largest absolute Gasteiger partial charge is 0.368 e. The number of primary amides is 1. The Labute approximate surface area is 115 Å². The summed E-state index contributed by atoms with van der Waals surface area (Å²) in [5.41, 5.74) is 6.87. The number of benzene rings is 1. The van der Waals surface area contributed by atoms with Gasteiger partial charge in [-0.3, -0.25) is 9.59 Å². The van der Waals surface area contributed by atoms with Crippen molar-refractivity contribution < 1.29 is 9.59 Å². The maximum Gasteiger partial charge on any atom is 0.245 e. The van der Waals surface area contributed by atoms with Gasteiger partial charge in [0.15, 0.2) is 0 Å². The van der Waals surface area contributed by atoms with E-state index >= 15 is 0 Å². The molecule has 7 heteroatoms. The summed E-state index contributed by atoms with van der Waals surface area (Å²) in [5.74, 6) is -0.596. The fraction of sp³-hybridized carbons (Fsp3) is 0.385. The molecule has 3 rings (SSSR count). The lowest BCUT2D eigenvalue weighted by Crippen LogP contribution is -2.45. The van der Waals surface area contributed by atoms with Crippen molar-refractivity contribution in [1.82, 2.24) is 19.9 Å². The number of fused-ring (bicyclic) bond motifs is 1. The fourth-order valence-electron chi connectivity index (χ4n) is 2.61. The van der Waals surface area contributed by atoms with E-state index in [0.29, 0.717) is 13.0 Å². The summed E-state index contributed by atoms with van der Waals surface area (Å²) in [6, 6.07) is 6.95. The molecule has 0 bridgehead atoms. The molecule has 0 saturated carbocycles. The first-order valence-electron chi connectivity index (χ1n) is 6.54. The van der Waals surface area contributed by atoms with Gasteiger partial charge in [0.25, 0.3) is 0 Å². The van der Waals surface area contributed by atoms with Gasteiger partial charge in [0.05, 0.1) is 5.52 Å². The van der Waals surface area contributed by atoms with Crippen molar-refractivity contribution in [1.29, 1.82) is 0 Å². The molecule has 2 amide bonds. The van der Waals surface area contributed by atoms with Crippen molar-refractivity contribution in [3.8, 4) is 0 Å². The third-order valence-corrected chi connectivity index (χ3v) is 3.61. The molecule has 1 aliphatic rings. The highest BCUT2D eigenvalue weighted by atomic mass is 16.2. The fourth-order valence-corrected chi connectivity index (χ4v) is 2.61. The van der Waals surface area contributed by atoms with E-state index in [1.54, 1.807) is 9.58 Å². The minimum Gasteiger partial charge on any atom is -0.368 e. The van der Waals surface area contributed by atoms with Crippen LogP contribution in [-0.4, -0.2) is 44.3 Å². The Morgan fingerprint density at radius 3 is 2.95 bits per heavy atom. The van der Waals surface area contributed by atoms with E-state index in [2.05, 4.69) is 10.3 Å². The smallest absolute Gasteiger partial charge is 0.245 e. The summed E-state index contributed by atoms with van der Waals surface area (Å²) in [6.07, 6.45) is 1.44. The lowest BCUT2D eigenvalue weighted by molar-refractivity contribution is -0.137. The number of nitrogens with two attached hydrogens (primary N) is 1. The summed E-state index contributed by atoms with van der Waals surface area (Å²) in [5, 5.41) is 7.98. The zero-order valence-corrected chi connectivity index (χ0v) is 10.9. The quantitative estimate of drug-likeness (QED) is 0.845. The van der Waals surface area contributed by atoms with Crippen LogP contribution in [0.4, 0.5) is 0 Å². The third-order valence-electron chi connectivity index (χ3n) is 3.61. The lowest BCUT2D eigenvalue weighted by atomic mass is 10.2. The van der Waals surface area contributed by atoms with Crippen molar-refractivity contribution in [2.75, 3.05) is 6.54 Å². The van der Waals surface area contributed by atoms with E-state index in [-0.39, 0.29) is 12.5 Å². The number of carbonyl (C=O) groups excluding carboxylic acids is 2. The van der Waals surface area contributed by atoms with Gasteiger partial charge in [-0.05, 0) is 25.0 Å². The number of rotatable bonds is 3. The van der Waals surface area contributed by atoms with Crippen LogP contribution in [0.2, 0.25) is 0 Å². The van der Waals surface area contributed by atoms with Crippen LogP contribution < -0.4 is 5.73 Å². The van der Waals surface area contributed by atoms with Crippen LogP contribution in [-0.2, 0) is 16.1 Å². The Bertz CT molecular complexity index is 666. The number of hydrogen-bond donors (Lipinski definition) is 1. The normalized spacial score (nSPS) is 18.6. The molecule has 2 aromatic rings. The van der Waals surface area contributed by atoms with Crippen LogP contribution in [0, 0.1) is 0 Å². The highest BCUT2D eigenvalue weighted by Gasteiger charge is 2.32. The molecule has 1 saturated heterocycles. The highest BCUT2D eigenvalue weighted by Crippen LogP contribution is 2.18. The number of hydrogen-bond acceptors (Lipinski definition) is 4. The first kappa shape index (κ1) is 12.6. The van der Waals surface area contributed by atoms with Gasteiger partial charge < -0.3 is 10.6 Å². The monoisotopic (exact) mass is 273 g/mol. The Hall–Kier alpha value is -2.44. The number of para-hydroxylation sites is 1. The van der Waals surface area contributed by atoms with E-state index in [1.165, 1.54) is 0 Å². The minimum absolute atomic E-state index is 0.0737. The zero-order valence-electron chi connectivity index (χ0n) is 10.9. The molecular weight excluding hydrogens is 258 g/mol. The number of nitrogens with zero attached hydrogens (tertiary/aromatic N) is 4. The SMILES string of the molecule is NC(=O)[C@@H]1CCCN1C(=O)Cn1nnc2ccccc21. The molecule has 1 atom stereocenters. The van der Waals surface area contributed by atoms with Crippen LogP contribution in [0.25, 0.3) is 11.0 Å². The Morgan fingerprint density at radius 1 is 1.35 bits per heavy atom. The van der Waals surface area contributed by atoms with E-state index in [1.807, 2.05) is 24.3 Å². The Kier molecular flexibility index (Phi) is 3.09. The van der Waals surface area contributed by atoms with Crippen molar-refractivity contribution in [3.63, 3.8) is 0 Å². The summed E-state index contributed by atoms with van der Waals surface area (Å²) >= 11 is 0. The van der Waals surface area contributed by atoms with Gasteiger partial charge in [-0.15, -0.1) is 5.10 Å². The predicted octanol–water partition coefficient (Wildman–Crippen LogP) is -0.0924. The molecule has 1 aliphatic heterocycles. The second-order valence-electron chi connectivity index (χ2n) is 4.88. The van der Waals surface area contributed by atoms with Crippen molar-refractivity contribution in [2.45, 2.75) is 25.4 Å². The van der Waals surface area contributed by atoms with Crippen LogP contribution in [0.5, 0.6) is 0 Å². The highest BCUT2D eigenvalue weighted by molar-refractivity contribution is 5.87. The molecule has 7 nitrogen and oxygen atoms in total. The topological polar surface area (TPSA) is 94.1 Å². The standard InChI is InChI=1S/C13H15N5O2/c14-13(20)11-6-3-7-17(11)12(19)8-18-10-5-2-1-4-9(10)15-16-18/h1-2,4-5,11H,3,6-8H2,(H2,14,20)/t11-/m0/s1. The second-order valence-corrected chi connectivity index (χ2v) is 4.88. The summed E-state index contributed by atoms with van der Waals surface area (Å²) < 4.78 is 1.55. The number of aromatic nitrogens is 3. The first-order valence-corrected chi connectivity index (χ1v) is 6.54. The predicted molar refractivity (Wildman–Crippen MR) is 71.5 cm³/mol. The van der Waals surface area contributed by atoms with Crippen LogP contribution in [0.15, 0.2) is 24.3 Å². The van der Waals surface area contributed by atoms with E-state index in [4.69, 9.17) is 5.73 Å². The molecule has 20 heavy (non-hydrogen) atoms. The van der Waals surface area contributed by atoms with Gasteiger partial charge in [-0.25, -0.2) is 4.68 Å². The molecule has 1 aromatic heterocycles. The molecule has 1 aromatic carbocycles. The minimum atomic E-state index is -0.489. The van der Waals surface area contributed by atoms with E-state index in [0.717, 1.165) is 17.5 Å². The third kappa shape index (κ3) is 2.11. The zero-order chi connectivity index (χ0) is 14.1. The number of carbonyl (C=O) groups is 2. The van der Waals surface area contributed by atoms with E-state index in [9.17, 15) is 9.59 Å². The van der Waals surface area contributed by atoms with Gasteiger partial charge in [0, 0.05) is 6.54 Å². The van der Waals surface area contributed by atoms with Gasteiger partial charge in [-0.1, -0.05) is 17.3 Å². The number of amides is 2. The summed E-state index contributed by atoms with van der Waals surface area (Å²) in [6.45, 7) is 0.642. The number of likely N-dealkylation sites (tertiary alicyclic amines) is 1.